The molecule has 0 bridgehead atoms. The van der Waals surface area contributed by atoms with Crippen LogP contribution in [0.3, 0.4) is 0 Å². The summed E-state index contributed by atoms with van der Waals surface area (Å²) < 4.78 is 0. The maximum absolute atomic E-state index is 12.4. The van der Waals surface area contributed by atoms with Gasteiger partial charge in [0, 0.05) is 23.4 Å². The molecule has 5 nitrogen and oxygen atoms in total. The lowest BCUT2D eigenvalue weighted by atomic mass is 10.0. The van der Waals surface area contributed by atoms with Crippen LogP contribution in [0.2, 0.25) is 0 Å². The normalized spacial score (nSPS) is 20.6. The van der Waals surface area contributed by atoms with Crippen LogP contribution in [0.1, 0.15) is 48.2 Å². The molecule has 1 heterocycles. The molecule has 2 aliphatic carbocycles. The van der Waals surface area contributed by atoms with Crippen LogP contribution in [0.4, 0.5) is 0 Å². The third-order valence-electron chi connectivity index (χ3n) is 5.47. The van der Waals surface area contributed by atoms with Crippen molar-refractivity contribution in [2.24, 2.45) is 11.3 Å². The predicted molar refractivity (Wildman–Crippen MR) is 95.4 cm³/mol. The van der Waals surface area contributed by atoms with Crippen molar-refractivity contribution in [2.45, 2.75) is 38.6 Å². The van der Waals surface area contributed by atoms with Crippen molar-refractivity contribution in [3.63, 3.8) is 0 Å². The second kappa shape index (κ2) is 6.26. The number of carboxylic acid groups (broad SMARTS) is 1. The van der Waals surface area contributed by atoms with Crippen molar-refractivity contribution < 1.29 is 14.7 Å². The highest BCUT2D eigenvalue weighted by atomic mass is 32.1. The smallest absolute Gasteiger partial charge is 0.355 e. The number of carbonyl (C=O) groups excluding carboxylic acids is 1. The van der Waals surface area contributed by atoms with Crippen molar-refractivity contribution in [1.29, 1.82) is 0 Å². The molecule has 1 spiro atoms. The summed E-state index contributed by atoms with van der Waals surface area (Å²) in [6, 6.07) is 7.75. The van der Waals surface area contributed by atoms with Gasteiger partial charge >= 0.3 is 5.97 Å². The molecule has 1 aromatic carbocycles. The highest BCUT2D eigenvalue weighted by Crippen LogP contribution is 2.62. The van der Waals surface area contributed by atoms with Crippen molar-refractivity contribution in [3.8, 4) is 10.6 Å². The summed E-state index contributed by atoms with van der Waals surface area (Å²) in [5.41, 5.74) is 2.26. The first kappa shape index (κ1) is 16.3. The van der Waals surface area contributed by atoms with Gasteiger partial charge in [0.05, 0.1) is 0 Å². The van der Waals surface area contributed by atoms with E-state index >= 15 is 0 Å². The minimum absolute atomic E-state index is 0.0642. The summed E-state index contributed by atoms with van der Waals surface area (Å²) >= 11 is 1.31. The van der Waals surface area contributed by atoms with Gasteiger partial charge in [0.15, 0.2) is 5.69 Å². The van der Waals surface area contributed by atoms with Gasteiger partial charge in [-0.3, -0.25) is 4.79 Å². The number of aromatic nitrogens is 1. The number of thiazole rings is 1. The Morgan fingerprint density at radius 2 is 2.12 bits per heavy atom. The molecule has 1 unspecified atom stereocenters. The molecule has 4 rings (SSSR count). The molecule has 2 aromatic rings. The second-order valence-corrected chi connectivity index (χ2v) is 7.95. The number of hydrogen-bond donors (Lipinski definition) is 2. The van der Waals surface area contributed by atoms with E-state index in [0.29, 0.717) is 17.0 Å². The third kappa shape index (κ3) is 3.18. The summed E-state index contributed by atoms with van der Waals surface area (Å²) in [6.45, 7) is 0.496. The monoisotopic (exact) mass is 356 g/mol. The molecular formula is C19H20N2O3S. The van der Waals surface area contributed by atoms with Crippen LogP contribution in [-0.2, 0) is 11.3 Å². The van der Waals surface area contributed by atoms with Crippen LogP contribution >= 0.6 is 11.3 Å². The van der Waals surface area contributed by atoms with Gasteiger partial charge in [0.1, 0.15) is 5.01 Å². The standard InChI is InChI=1S/C19H20N2O3S/c22-16(14-9-19(14)6-1-2-7-19)20-10-12-4-3-5-13(8-12)17-21-15(11-25-17)18(23)24/h3-5,8,11,14H,1-2,6-7,9-10H2,(H,20,22)(H,23,24). The number of hydrogen-bond acceptors (Lipinski definition) is 4. The number of rotatable bonds is 5. The molecule has 6 heteroatoms. The van der Waals surface area contributed by atoms with Crippen LogP contribution in [0.15, 0.2) is 29.6 Å². The summed E-state index contributed by atoms with van der Waals surface area (Å²) in [5, 5.41) is 14.3. The topological polar surface area (TPSA) is 79.3 Å². The molecule has 1 atom stereocenters. The maximum Gasteiger partial charge on any atom is 0.355 e. The average Bonchev–Trinajstić information content (AvgIpc) is 2.96. The van der Waals surface area contributed by atoms with Crippen LogP contribution in [0.5, 0.6) is 0 Å². The zero-order valence-electron chi connectivity index (χ0n) is 13.8. The van der Waals surface area contributed by atoms with Crippen molar-refractivity contribution in [2.75, 3.05) is 0 Å². The number of nitrogens with zero attached hydrogens (tertiary/aromatic N) is 1. The number of aromatic carboxylic acids is 1. The van der Waals surface area contributed by atoms with Gasteiger partial charge in [-0.05, 0) is 36.3 Å². The Hall–Kier alpha value is -2.21. The lowest BCUT2D eigenvalue weighted by Gasteiger charge is -2.09. The molecule has 2 aliphatic rings. The highest BCUT2D eigenvalue weighted by molar-refractivity contribution is 7.13. The molecule has 130 valence electrons. The van der Waals surface area contributed by atoms with E-state index in [1.807, 2.05) is 24.3 Å². The molecule has 2 saturated carbocycles. The minimum Gasteiger partial charge on any atom is -0.476 e. The van der Waals surface area contributed by atoms with Crippen molar-refractivity contribution in [1.82, 2.24) is 10.3 Å². The molecule has 2 N–H and O–H groups in total. The van der Waals surface area contributed by atoms with E-state index in [1.54, 1.807) is 5.38 Å². The fourth-order valence-corrected chi connectivity index (χ4v) is 4.77. The number of carbonyl (C=O) groups is 2. The first-order valence-corrected chi connectivity index (χ1v) is 9.51. The Balaban J connectivity index is 1.40. The number of amides is 1. The van der Waals surface area contributed by atoms with E-state index in [-0.39, 0.29) is 17.5 Å². The van der Waals surface area contributed by atoms with Gasteiger partial charge in [0.2, 0.25) is 5.91 Å². The lowest BCUT2D eigenvalue weighted by Crippen LogP contribution is -2.26. The SMILES string of the molecule is O=C(O)c1csc(-c2cccc(CNC(=O)C3CC34CCCC4)c2)n1. The summed E-state index contributed by atoms with van der Waals surface area (Å²) in [5.74, 6) is -0.638. The van der Waals surface area contributed by atoms with E-state index < -0.39 is 5.97 Å². The molecule has 1 aromatic heterocycles. The van der Waals surface area contributed by atoms with E-state index in [9.17, 15) is 9.59 Å². The number of nitrogens with one attached hydrogen (secondary N) is 1. The molecule has 2 fully saturated rings. The van der Waals surface area contributed by atoms with E-state index in [1.165, 1.54) is 37.0 Å². The molecule has 25 heavy (non-hydrogen) atoms. The van der Waals surface area contributed by atoms with Gasteiger partial charge in [-0.15, -0.1) is 11.3 Å². The largest absolute Gasteiger partial charge is 0.476 e. The Labute approximate surface area is 150 Å². The van der Waals surface area contributed by atoms with Gasteiger partial charge in [-0.1, -0.05) is 31.0 Å². The summed E-state index contributed by atoms with van der Waals surface area (Å²) in [4.78, 5) is 27.5. The quantitative estimate of drug-likeness (QED) is 0.856. The summed E-state index contributed by atoms with van der Waals surface area (Å²) in [7, 11) is 0. The molecule has 0 saturated heterocycles. The number of carboxylic acids is 1. The highest BCUT2D eigenvalue weighted by Gasteiger charge is 2.58. The van der Waals surface area contributed by atoms with Crippen LogP contribution in [-0.4, -0.2) is 22.0 Å². The van der Waals surface area contributed by atoms with Crippen LogP contribution in [0, 0.1) is 11.3 Å². The fraction of sp³-hybridized carbons (Fsp3) is 0.421. The van der Waals surface area contributed by atoms with Gasteiger partial charge in [-0.2, -0.15) is 0 Å². The Morgan fingerprint density at radius 1 is 1.32 bits per heavy atom. The fourth-order valence-electron chi connectivity index (χ4n) is 3.98. The second-order valence-electron chi connectivity index (χ2n) is 7.09. The van der Waals surface area contributed by atoms with Crippen LogP contribution in [0.25, 0.3) is 10.6 Å². The predicted octanol–water partition coefficient (Wildman–Crippen LogP) is 3.70. The Morgan fingerprint density at radius 3 is 2.84 bits per heavy atom. The maximum atomic E-state index is 12.4. The zero-order valence-corrected chi connectivity index (χ0v) is 14.6. The zero-order chi connectivity index (χ0) is 17.4. The first-order valence-electron chi connectivity index (χ1n) is 8.63. The lowest BCUT2D eigenvalue weighted by molar-refractivity contribution is -0.123. The minimum atomic E-state index is -1.02. The molecule has 0 aliphatic heterocycles. The van der Waals surface area contributed by atoms with E-state index in [4.69, 9.17) is 5.11 Å². The van der Waals surface area contributed by atoms with Crippen molar-refractivity contribution >= 4 is 23.2 Å². The van der Waals surface area contributed by atoms with Gasteiger partial charge in [-0.25, -0.2) is 9.78 Å². The van der Waals surface area contributed by atoms with Crippen LogP contribution < -0.4 is 5.32 Å². The van der Waals surface area contributed by atoms with Gasteiger partial charge < -0.3 is 10.4 Å². The first-order chi connectivity index (χ1) is 12.1. The summed E-state index contributed by atoms with van der Waals surface area (Å²) in [6.07, 6.45) is 5.99. The Bertz CT molecular complexity index is 824. The Kier molecular flexibility index (Phi) is 4.07. The van der Waals surface area contributed by atoms with E-state index in [0.717, 1.165) is 17.5 Å². The molecule has 0 radical (unpaired) electrons. The number of benzene rings is 1. The third-order valence-corrected chi connectivity index (χ3v) is 6.36. The average molecular weight is 356 g/mol. The van der Waals surface area contributed by atoms with E-state index in [2.05, 4.69) is 10.3 Å². The van der Waals surface area contributed by atoms with Gasteiger partial charge in [0.25, 0.3) is 0 Å². The molecule has 1 amide bonds. The van der Waals surface area contributed by atoms with Crippen molar-refractivity contribution in [3.05, 3.63) is 40.9 Å². The molecular weight excluding hydrogens is 336 g/mol.